The Morgan fingerprint density at radius 3 is 1.89 bits per heavy atom. The predicted molar refractivity (Wildman–Crippen MR) is 116 cm³/mol. The summed E-state index contributed by atoms with van der Waals surface area (Å²) < 4.78 is 0. The molecule has 0 fully saturated rings. The molecule has 0 aromatic heterocycles. The standard InChI is InChI=1S/C25H33NO2/c1-2-3-4-5-6-7-8-9-13-20-24(27)22-18-14-15-19-23(22)25(26-28)21-16-11-10-12-17-21/h10-12,14-19,28H,2-9,13,20H2,1H3. The van der Waals surface area contributed by atoms with Gasteiger partial charge < -0.3 is 5.21 Å². The van der Waals surface area contributed by atoms with Gasteiger partial charge in [-0.15, -0.1) is 0 Å². The van der Waals surface area contributed by atoms with Gasteiger partial charge in [0.25, 0.3) is 0 Å². The van der Waals surface area contributed by atoms with E-state index in [1.54, 1.807) is 0 Å². The van der Waals surface area contributed by atoms with Crippen molar-refractivity contribution in [3.63, 3.8) is 0 Å². The van der Waals surface area contributed by atoms with Gasteiger partial charge in [-0.2, -0.15) is 0 Å². The van der Waals surface area contributed by atoms with Crippen molar-refractivity contribution in [1.82, 2.24) is 0 Å². The number of carbonyl (C=O) groups excluding carboxylic acids is 1. The number of ketones is 1. The van der Waals surface area contributed by atoms with Crippen LogP contribution < -0.4 is 0 Å². The molecule has 0 amide bonds. The van der Waals surface area contributed by atoms with Crippen LogP contribution >= 0.6 is 0 Å². The fraction of sp³-hybridized carbons (Fsp3) is 0.440. The van der Waals surface area contributed by atoms with Crippen LogP contribution in [0.5, 0.6) is 0 Å². The van der Waals surface area contributed by atoms with Crippen molar-refractivity contribution in [3.8, 4) is 0 Å². The summed E-state index contributed by atoms with van der Waals surface area (Å²) in [4.78, 5) is 12.8. The van der Waals surface area contributed by atoms with Crippen LogP contribution in [0.1, 0.15) is 92.6 Å². The quantitative estimate of drug-likeness (QED) is 0.134. The fourth-order valence-corrected chi connectivity index (χ4v) is 3.53. The summed E-state index contributed by atoms with van der Waals surface area (Å²) in [7, 11) is 0. The maximum absolute atomic E-state index is 12.8. The molecule has 0 aliphatic carbocycles. The van der Waals surface area contributed by atoms with Gasteiger partial charge in [-0.3, -0.25) is 4.79 Å². The Balaban J connectivity index is 1.87. The lowest BCUT2D eigenvalue weighted by Gasteiger charge is -2.10. The second-order valence-electron chi connectivity index (χ2n) is 7.36. The van der Waals surface area contributed by atoms with Gasteiger partial charge in [0.2, 0.25) is 0 Å². The third-order valence-corrected chi connectivity index (χ3v) is 5.14. The summed E-state index contributed by atoms with van der Waals surface area (Å²) in [6, 6.07) is 16.9. The maximum Gasteiger partial charge on any atom is 0.163 e. The Kier molecular flexibility index (Phi) is 10.1. The van der Waals surface area contributed by atoms with E-state index in [1.807, 2.05) is 54.6 Å². The normalized spacial score (nSPS) is 11.5. The minimum atomic E-state index is 0.121. The van der Waals surface area contributed by atoms with Gasteiger partial charge >= 0.3 is 0 Å². The van der Waals surface area contributed by atoms with E-state index in [0.29, 0.717) is 23.3 Å². The molecule has 3 heteroatoms. The molecule has 2 aromatic rings. The van der Waals surface area contributed by atoms with E-state index in [-0.39, 0.29) is 5.78 Å². The van der Waals surface area contributed by atoms with Crippen LogP contribution in [-0.2, 0) is 0 Å². The molecule has 0 aliphatic rings. The van der Waals surface area contributed by atoms with Crippen molar-refractivity contribution in [2.24, 2.45) is 5.16 Å². The molecule has 0 saturated carbocycles. The molecular weight excluding hydrogens is 346 g/mol. The Morgan fingerprint density at radius 1 is 0.750 bits per heavy atom. The van der Waals surface area contributed by atoms with Gasteiger partial charge in [-0.1, -0.05) is 118 Å². The lowest BCUT2D eigenvalue weighted by atomic mass is 9.93. The summed E-state index contributed by atoms with van der Waals surface area (Å²) >= 11 is 0. The Morgan fingerprint density at radius 2 is 1.29 bits per heavy atom. The lowest BCUT2D eigenvalue weighted by molar-refractivity contribution is 0.0979. The average Bonchev–Trinajstić information content (AvgIpc) is 2.74. The lowest BCUT2D eigenvalue weighted by Crippen LogP contribution is -2.11. The van der Waals surface area contributed by atoms with Crippen molar-refractivity contribution in [1.29, 1.82) is 0 Å². The zero-order chi connectivity index (χ0) is 20.0. The molecule has 0 heterocycles. The van der Waals surface area contributed by atoms with E-state index in [4.69, 9.17) is 0 Å². The van der Waals surface area contributed by atoms with Crippen LogP contribution in [0.3, 0.4) is 0 Å². The number of oxime groups is 1. The third-order valence-electron chi connectivity index (χ3n) is 5.14. The van der Waals surface area contributed by atoms with Crippen molar-refractivity contribution in [2.75, 3.05) is 0 Å². The van der Waals surface area contributed by atoms with Crippen LogP contribution in [0.15, 0.2) is 59.8 Å². The van der Waals surface area contributed by atoms with E-state index in [2.05, 4.69) is 12.1 Å². The van der Waals surface area contributed by atoms with Crippen LogP contribution in [0, 0.1) is 0 Å². The Bertz CT molecular complexity index is 737. The summed E-state index contributed by atoms with van der Waals surface area (Å²) in [6.07, 6.45) is 11.7. The smallest absolute Gasteiger partial charge is 0.163 e. The monoisotopic (exact) mass is 379 g/mol. The first kappa shape index (κ1) is 21.9. The molecule has 0 unspecified atom stereocenters. The summed E-state index contributed by atoms with van der Waals surface area (Å²) in [5.74, 6) is 0.121. The minimum absolute atomic E-state index is 0.121. The maximum atomic E-state index is 12.8. The van der Waals surface area contributed by atoms with Crippen molar-refractivity contribution in [3.05, 3.63) is 71.3 Å². The third kappa shape index (κ3) is 6.95. The van der Waals surface area contributed by atoms with Gasteiger partial charge in [0, 0.05) is 23.1 Å². The minimum Gasteiger partial charge on any atom is -0.410 e. The molecule has 0 radical (unpaired) electrons. The van der Waals surface area contributed by atoms with Crippen molar-refractivity contribution < 1.29 is 10.0 Å². The number of carbonyl (C=O) groups is 1. The molecular formula is C25H33NO2. The zero-order valence-electron chi connectivity index (χ0n) is 17.1. The van der Waals surface area contributed by atoms with Crippen LogP contribution in [0.25, 0.3) is 0 Å². The topological polar surface area (TPSA) is 49.7 Å². The molecule has 2 rings (SSSR count). The number of hydrogen-bond acceptors (Lipinski definition) is 3. The van der Waals surface area contributed by atoms with Gasteiger partial charge in [-0.25, -0.2) is 0 Å². The number of benzene rings is 2. The number of hydrogen-bond donors (Lipinski definition) is 1. The molecule has 3 nitrogen and oxygen atoms in total. The van der Waals surface area contributed by atoms with Crippen molar-refractivity contribution in [2.45, 2.75) is 71.1 Å². The van der Waals surface area contributed by atoms with E-state index in [0.717, 1.165) is 18.4 Å². The Hall–Kier alpha value is -2.42. The van der Waals surface area contributed by atoms with E-state index < -0.39 is 0 Å². The van der Waals surface area contributed by atoms with Gasteiger partial charge in [0.1, 0.15) is 5.71 Å². The first-order valence-electron chi connectivity index (χ1n) is 10.7. The zero-order valence-corrected chi connectivity index (χ0v) is 17.1. The molecule has 0 atom stereocenters. The molecule has 150 valence electrons. The van der Waals surface area contributed by atoms with Gasteiger partial charge in [-0.05, 0) is 6.42 Å². The molecule has 0 saturated heterocycles. The number of rotatable bonds is 13. The number of unbranched alkanes of at least 4 members (excludes halogenated alkanes) is 8. The van der Waals surface area contributed by atoms with E-state index >= 15 is 0 Å². The summed E-state index contributed by atoms with van der Waals surface area (Å²) in [5, 5.41) is 13.1. The largest absolute Gasteiger partial charge is 0.410 e. The SMILES string of the molecule is CCCCCCCCCCCC(=O)c1ccccc1C(=NO)c1ccccc1. The van der Waals surface area contributed by atoms with E-state index in [1.165, 1.54) is 44.9 Å². The van der Waals surface area contributed by atoms with Crippen molar-refractivity contribution >= 4 is 11.5 Å². The summed E-state index contributed by atoms with van der Waals surface area (Å²) in [5.41, 5.74) is 2.57. The molecule has 0 spiro atoms. The number of Topliss-reactive ketones (excluding diaryl/α,β-unsaturated/α-hetero) is 1. The highest BCUT2D eigenvalue weighted by atomic mass is 16.4. The van der Waals surface area contributed by atoms with Gasteiger partial charge in [0.05, 0.1) is 0 Å². The number of nitrogens with zero attached hydrogens (tertiary/aromatic N) is 1. The van der Waals surface area contributed by atoms with Crippen LogP contribution in [-0.4, -0.2) is 16.7 Å². The highest BCUT2D eigenvalue weighted by Gasteiger charge is 2.16. The molecule has 0 aliphatic heterocycles. The van der Waals surface area contributed by atoms with E-state index in [9.17, 15) is 10.0 Å². The molecule has 28 heavy (non-hydrogen) atoms. The second-order valence-corrected chi connectivity index (χ2v) is 7.36. The molecule has 1 N–H and O–H groups in total. The van der Waals surface area contributed by atoms with Crippen LogP contribution in [0.4, 0.5) is 0 Å². The highest BCUT2D eigenvalue weighted by molar-refractivity contribution is 6.18. The predicted octanol–water partition coefficient (Wildman–Crippen LogP) is 7.02. The van der Waals surface area contributed by atoms with Gasteiger partial charge in [0.15, 0.2) is 5.78 Å². The second kappa shape index (κ2) is 12.9. The molecule has 0 bridgehead atoms. The highest BCUT2D eigenvalue weighted by Crippen LogP contribution is 2.19. The average molecular weight is 380 g/mol. The first-order chi connectivity index (χ1) is 13.8. The summed E-state index contributed by atoms with van der Waals surface area (Å²) in [6.45, 7) is 2.24. The first-order valence-corrected chi connectivity index (χ1v) is 10.7. The molecule has 2 aromatic carbocycles. The van der Waals surface area contributed by atoms with Crippen LogP contribution in [0.2, 0.25) is 0 Å². The fourth-order valence-electron chi connectivity index (χ4n) is 3.53. The Labute approximate surface area is 169 Å².